The average molecular weight is 629 g/mol. The van der Waals surface area contributed by atoms with E-state index in [0.29, 0.717) is 41.8 Å². The number of pyridine rings is 1. The number of anilines is 2. The quantitative estimate of drug-likeness (QED) is 0.230. The number of carbonyl (C=O) groups is 1. The molecule has 0 spiro atoms. The molecule has 46 heavy (non-hydrogen) atoms. The minimum atomic E-state index is -0.742. The molecule has 0 saturated carbocycles. The van der Waals surface area contributed by atoms with Crippen LogP contribution in [0.25, 0.3) is 22.1 Å². The van der Waals surface area contributed by atoms with E-state index in [2.05, 4.69) is 9.88 Å². The fourth-order valence-electron chi connectivity index (χ4n) is 5.73. The second kappa shape index (κ2) is 11.2. The molecule has 1 atom stereocenters. The Bertz CT molecular complexity index is 1850. The monoisotopic (exact) mass is 628 g/mol. The van der Waals surface area contributed by atoms with Crippen LogP contribution in [0.15, 0.2) is 57.7 Å². The van der Waals surface area contributed by atoms with Crippen LogP contribution in [0, 0.1) is 0 Å². The van der Waals surface area contributed by atoms with Crippen LogP contribution < -0.4 is 26.3 Å². The number of hydrogen-bond donors (Lipinski definition) is 1. The van der Waals surface area contributed by atoms with Crippen LogP contribution in [0.2, 0.25) is 0 Å². The van der Waals surface area contributed by atoms with E-state index in [1.54, 1.807) is 29.2 Å². The van der Waals surface area contributed by atoms with Crippen molar-refractivity contribution in [3.63, 3.8) is 0 Å². The van der Waals surface area contributed by atoms with Crippen molar-refractivity contribution >= 4 is 52.2 Å². The van der Waals surface area contributed by atoms with Crippen LogP contribution in [-0.4, -0.2) is 65.6 Å². The van der Waals surface area contributed by atoms with Crippen molar-refractivity contribution in [1.29, 1.82) is 0 Å². The highest BCUT2D eigenvalue weighted by Crippen LogP contribution is 2.37. The van der Waals surface area contributed by atoms with E-state index in [1.165, 1.54) is 0 Å². The van der Waals surface area contributed by atoms with Gasteiger partial charge in [0, 0.05) is 37.4 Å². The van der Waals surface area contributed by atoms with Gasteiger partial charge in [0.2, 0.25) is 5.43 Å². The molecule has 11 nitrogen and oxygen atoms in total. The molecule has 4 heterocycles. The zero-order chi connectivity index (χ0) is 33.2. The van der Waals surface area contributed by atoms with Crippen LogP contribution in [0.1, 0.15) is 55.4 Å². The Morgan fingerprint density at radius 2 is 1.70 bits per heavy atom. The summed E-state index contributed by atoms with van der Waals surface area (Å²) in [5.74, 6) is 0.871. The van der Waals surface area contributed by atoms with Crippen molar-refractivity contribution in [2.75, 3.05) is 30.3 Å². The van der Waals surface area contributed by atoms with Crippen LogP contribution >= 0.6 is 0 Å². The number of carbonyl (C=O) groups excluding carboxylic acids is 1. The van der Waals surface area contributed by atoms with Crippen molar-refractivity contribution in [2.45, 2.75) is 78.2 Å². The van der Waals surface area contributed by atoms with Crippen molar-refractivity contribution in [3.05, 3.63) is 58.8 Å². The molecule has 1 amide bonds. The number of piperazine rings is 1. The lowest BCUT2D eigenvalue weighted by atomic mass is 9.76. The summed E-state index contributed by atoms with van der Waals surface area (Å²) in [6, 6.07) is 14.5. The molecular formula is C34H41BN4O7. The maximum atomic E-state index is 13.8. The minimum absolute atomic E-state index is 0.0123. The summed E-state index contributed by atoms with van der Waals surface area (Å²) < 4.78 is 30.3. The molecule has 242 valence electrons. The summed E-state index contributed by atoms with van der Waals surface area (Å²) in [6.45, 7) is 17.4. The number of aromatic nitrogens is 1. The first-order valence-corrected chi connectivity index (χ1v) is 15.6. The molecule has 12 heteroatoms. The van der Waals surface area contributed by atoms with E-state index in [4.69, 9.17) is 28.9 Å². The SMILES string of the molecule is C[C@H]1CN(c2ccc(Oc3cc4oc5cccc(B6OC(C)(C)C(C)(C)O6)c5c(=O)c4nc3N)cc2)CCN1C(=O)OC(C)(C)C. The van der Waals surface area contributed by atoms with E-state index in [9.17, 15) is 9.59 Å². The Labute approximate surface area is 268 Å². The smallest absolute Gasteiger partial charge is 0.454 e. The average Bonchev–Trinajstić information content (AvgIpc) is 3.19. The molecule has 0 bridgehead atoms. The lowest BCUT2D eigenvalue weighted by Crippen LogP contribution is -2.55. The lowest BCUT2D eigenvalue weighted by molar-refractivity contribution is 0.00578. The third kappa shape index (κ3) is 5.87. The number of nitrogen functional groups attached to an aromatic ring is 1. The van der Waals surface area contributed by atoms with Gasteiger partial charge in [-0.3, -0.25) is 4.79 Å². The Kier molecular flexibility index (Phi) is 7.72. The first-order valence-electron chi connectivity index (χ1n) is 15.6. The van der Waals surface area contributed by atoms with Crippen LogP contribution in [0.5, 0.6) is 11.5 Å². The molecule has 0 aliphatic carbocycles. The van der Waals surface area contributed by atoms with Gasteiger partial charge < -0.3 is 38.7 Å². The first-order chi connectivity index (χ1) is 21.5. The number of nitrogens with two attached hydrogens (primary N) is 1. The molecule has 6 rings (SSSR count). The highest BCUT2D eigenvalue weighted by atomic mass is 16.7. The van der Waals surface area contributed by atoms with Gasteiger partial charge >= 0.3 is 13.2 Å². The second-order valence-corrected chi connectivity index (χ2v) is 14.0. The third-order valence-electron chi connectivity index (χ3n) is 8.89. The maximum Gasteiger partial charge on any atom is 0.495 e. The molecule has 2 N–H and O–H groups in total. The van der Waals surface area contributed by atoms with Gasteiger partial charge in [0.25, 0.3) is 0 Å². The number of hydrogen-bond acceptors (Lipinski definition) is 10. The normalized spacial score (nSPS) is 19.6. The van der Waals surface area contributed by atoms with Crippen LogP contribution in [0.4, 0.5) is 16.3 Å². The maximum absolute atomic E-state index is 13.8. The van der Waals surface area contributed by atoms with Crippen LogP contribution in [0.3, 0.4) is 0 Å². The minimum Gasteiger partial charge on any atom is -0.454 e. The number of fused-ring (bicyclic) bond motifs is 2. The highest BCUT2D eigenvalue weighted by molar-refractivity contribution is 6.65. The van der Waals surface area contributed by atoms with Gasteiger partial charge in [-0.25, -0.2) is 9.78 Å². The Hall–Kier alpha value is -4.29. The fraction of sp³-hybridized carbons (Fsp3) is 0.441. The van der Waals surface area contributed by atoms with E-state index in [-0.39, 0.29) is 40.2 Å². The van der Waals surface area contributed by atoms with E-state index >= 15 is 0 Å². The summed E-state index contributed by atoms with van der Waals surface area (Å²) in [5, 5.41) is 0.339. The number of benzene rings is 2. The Morgan fingerprint density at radius 3 is 2.33 bits per heavy atom. The number of nitrogens with zero attached hydrogens (tertiary/aromatic N) is 3. The van der Waals surface area contributed by atoms with Crippen LogP contribution in [-0.2, 0) is 14.0 Å². The van der Waals surface area contributed by atoms with Gasteiger partial charge in [-0.1, -0.05) is 12.1 Å². The summed E-state index contributed by atoms with van der Waals surface area (Å²) in [4.78, 5) is 34.8. The van der Waals surface area contributed by atoms with E-state index in [1.807, 2.05) is 79.7 Å². The number of ether oxygens (including phenoxy) is 2. The zero-order valence-electron chi connectivity index (χ0n) is 27.7. The standard InChI is InChI=1S/C34H41BN4O7/c1-20-19-38(16-17-39(20)31(41)44-32(2,3)4)21-12-14-22(15-13-21)42-26-18-25-28(37-30(26)36)29(40)27-23(10-9-11-24(27)43-25)35-45-33(5,6)34(7,8)46-35/h9-15,18,20H,16-17,19H2,1-8H3,(H2,36,37)/t20-/m0/s1. The summed E-state index contributed by atoms with van der Waals surface area (Å²) >= 11 is 0. The molecule has 4 aromatic rings. The Balaban J connectivity index is 1.21. The molecule has 0 radical (unpaired) electrons. The molecule has 2 aliphatic heterocycles. The van der Waals surface area contributed by atoms with Crippen molar-refractivity contribution in [1.82, 2.24) is 9.88 Å². The second-order valence-electron chi connectivity index (χ2n) is 14.0. The third-order valence-corrected chi connectivity index (χ3v) is 8.89. The molecule has 2 aliphatic rings. The number of amides is 1. The predicted molar refractivity (Wildman–Crippen MR) is 179 cm³/mol. The van der Waals surface area contributed by atoms with E-state index in [0.717, 1.165) is 5.69 Å². The molecular weight excluding hydrogens is 587 g/mol. The van der Waals surface area contributed by atoms with Gasteiger partial charge in [0.05, 0.1) is 16.6 Å². The highest BCUT2D eigenvalue weighted by Gasteiger charge is 2.52. The topological polar surface area (TPSA) is 130 Å². The fourth-order valence-corrected chi connectivity index (χ4v) is 5.73. The molecule has 2 fully saturated rings. The molecule has 2 aromatic heterocycles. The first kappa shape index (κ1) is 31.7. The summed E-state index contributed by atoms with van der Waals surface area (Å²) in [5.41, 5.74) is 6.60. The van der Waals surface area contributed by atoms with Gasteiger partial charge in [-0.2, -0.15) is 0 Å². The zero-order valence-corrected chi connectivity index (χ0v) is 27.7. The van der Waals surface area contributed by atoms with E-state index < -0.39 is 23.9 Å². The largest absolute Gasteiger partial charge is 0.495 e. The summed E-state index contributed by atoms with van der Waals surface area (Å²) in [7, 11) is -0.742. The molecule has 2 aromatic carbocycles. The molecule has 0 unspecified atom stereocenters. The van der Waals surface area contributed by atoms with Crippen molar-refractivity contribution in [3.8, 4) is 11.5 Å². The lowest BCUT2D eigenvalue weighted by Gasteiger charge is -2.41. The van der Waals surface area contributed by atoms with Gasteiger partial charge in [-0.05, 0) is 91.2 Å². The summed E-state index contributed by atoms with van der Waals surface area (Å²) in [6.07, 6.45) is -0.292. The predicted octanol–water partition coefficient (Wildman–Crippen LogP) is 5.46. The van der Waals surface area contributed by atoms with Gasteiger partial charge in [0.15, 0.2) is 22.7 Å². The molecule has 2 saturated heterocycles. The Morgan fingerprint density at radius 1 is 1.02 bits per heavy atom. The van der Waals surface area contributed by atoms with Gasteiger partial charge in [-0.15, -0.1) is 0 Å². The van der Waals surface area contributed by atoms with Crippen molar-refractivity contribution in [2.24, 2.45) is 0 Å². The van der Waals surface area contributed by atoms with Crippen molar-refractivity contribution < 1.29 is 28.0 Å². The van der Waals surface area contributed by atoms with Gasteiger partial charge in [0.1, 0.15) is 16.9 Å². The number of rotatable bonds is 4.